The molecule has 0 saturated carbocycles. The fraction of sp³-hybridized carbons (Fsp3) is 0.174. The summed E-state index contributed by atoms with van der Waals surface area (Å²) in [5.74, 6) is 0.494. The number of imide groups is 1. The number of benzene rings is 1. The van der Waals surface area contributed by atoms with Crippen LogP contribution in [0.4, 0.5) is 4.79 Å². The Kier molecular flexibility index (Phi) is 4.76. The number of carbonyl (C=O) groups excluding carboxylic acids is 2. The van der Waals surface area contributed by atoms with Crippen molar-refractivity contribution in [3.05, 3.63) is 88.5 Å². The average Bonchev–Trinajstić information content (AvgIpc) is 3.14. The molecule has 1 aliphatic rings. The molecule has 0 unspecified atom stereocenters. The van der Waals surface area contributed by atoms with E-state index in [4.69, 9.17) is 0 Å². The summed E-state index contributed by atoms with van der Waals surface area (Å²) in [5.41, 5.74) is 5.15. The Labute approximate surface area is 169 Å². The summed E-state index contributed by atoms with van der Waals surface area (Å²) in [6, 6.07) is 15.1. The highest BCUT2D eigenvalue weighted by Crippen LogP contribution is 2.23. The van der Waals surface area contributed by atoms with Gasteiger partial charge in [0, 0.05) is 17.6 Å². The van der Waals surface area contributed by atoms with Gasteiger partial charge < -0.3 is 9.88 Å². The zero-order valence-corrected chi connectivity index (χ0v) is 16.6. The van der Waals surface area contributed by atoms with Crippen LogP contribution in [0.25, 0.3) is 11.9 Å². The van der Waals surface area contributed by atoms with Crippen molar-refractivity contribution in [3.8, 4) is 5.82 Å². The third kappa shape index (κ3) is 3.57. The van der Waals surface area contributed by atoms with Crippen LogP contribution in [0.3, 0.4) is 0 Å². The van der Waals surface area contributed by atoms with E-state index in [0.29, 0.717) is 0 Å². The highest BCUT2D eigenvalue weighted by Gasteiger charge is 2.33. The summed E-state index contributed by atoms with van der Waals surface area (Å²) in [5, 5.41) is 2.70. The number of nitrogens with one attached hydrogen (secondary N) is 1. The number of hydrogen-bond acceptors (Lipinski definition) is 3. The molecule has 0 bridgehead atoms. The fourth-order valence-electron chi connectivity index (χ4n) is 3.52. The van der Waals surface area contributed by atoms with Gasteiger partial charge in [-0.25, -0.2) is 9.78 Å². The van der Waals surface area contributed by atoms with Gasteiger partial charge in [0.2, 0.25) is 0 Å². The summed E-state index contributed by atoms with van der Waals surface area (Å²) in [7, 11) is 0. The summed E-state index contributed by atoms with van der Waals surface area (Å²) >= 11 is 0. The maximum Gasteiger partial charge on any atom is 0.329 e. The Balaban J connectivity index is 1.62. The van der Waals surface area contributed by atoms with Gasteiger partial charge in [-0.2, -0.15) is 0 Å². The van der Waals surface area contributed by atoms with Crippen molar-refractivity contribution < 1.29 is 9.59 Å². The van der Waals surface area contributed by atoms with Crippen molar-refractivity contribution in [2.45, 2.75) is 27.3 Å². The number of rotatable bonds is 4. The largest absolute Gasteiger partial charge is 0.329 e. The van der Waals surface area contributed by atoms with Crippen molar-refractivity contribution >= 4 is 18.0 Å². The van der Waals surface area contributed by atoms with Crippen molar-refractivity contribution in [2.24, 2.45) is 0 Å². The molecule has 1 aromatic carbocycles. The van der Waals surface area contributed by atoms with Crippen LogP contribution in [-0.2, 0) is 11.3 Å². The van der Waals surface area contributed by atoms with Gasteiger partial charge >= 0.3 is 6.03 Å². The molecule has 0 atom stereocenters. The second-order valence-electron chi connectivity index (χ2n) is 7.21. The molecule has 0 radical (unpaired) electrons. The summed E-state index contributed by atoms with van der Waals surface area (Å²) in [4.78, 5) is 30.8. The minimum atomic E-state index is -0.402. The van der Waals surface area contributed by atoms with E-state index in [0.717, 1.165) is 33.9 Å². The van der Waals surface area contributed by atoms with Crippen LogP contribution in [0, 0.1) is 20.8 Å². The maximum absolute atomic E-state index is 12.8. The maximum atomic E-state index is 12.8. The monoisotopic (exact) mass is 386 g/mol. The van der Waals surface area contributed by atoms with Gasteiger partial charge in [-0.15, -0.1) is 0 Å². The molecule has 1 aliphatic heterocycles. The molecule has 0 spiro atoms. The highest BCUT2D eigenvalue weighted by atomic mass is 16.2. The molecule has 0 aliphatic carbocycles. The minimum absolute atomic E-state index is 0.245. The smallest absolute Gasteiger partial charge is 0.303 e. The molecule has 3 amide bonds. The first-order chi connectivity index (χ1) is 13.9. The van der Waals surface area contributed by atoms with Crippen molar-refractivity contribution in [1.82, 2.24) is 19.8 Å². The van der Waals surface area contributed by atoms with Gasteiger partial charge in [0.15, 0.2) is 0 Å². The topological polar surface area (TPSA) is 67.2 Å². The number of aromatic nitrogens is 2. The number of pyridine rings is 1. The number of aryl methyl sites for hydroxylation is 2. The first kappa shape index (κ1) is 18.7. The standard InChI is InChI=1S/C23H22N4O2/c1-15-7-9-18(10-8-15)14-26-22(28)20(25-23(26)29)13-19-12-16(2)27(17(19)3)21-6-4-5-11-24-21/h4-13H,14H2,1-3H3,(H,25,29)/b20-13-. The van der Waals surface area contributed by atoms with E-state index in [9.17, 15) is 9.59 Å². The molecule has 3 aromatic rings. The first-order valence-electron chi connectivity index (χ1n) is 9.44. The molecule has 6 heteroatoms. The van der Waals surface area contributed by atoms with E-state index in [1.54, 1.807) is 12.3 Å². The van der Waals surface area contributed by atoms with E-state index in [-0.39, 0.29) is 18.1 Å². The fourth-order valence-corrected chi connectivity index (χ4v) is 3.52. The molecule has 2 aromatic heterocycles. The second kappa shape index (κ2) is 7.39. The highest BCUT2D eigenvalue weighted by molar-refractivity contribution is 6.13. The van der Waals surface area contributed by atoms with Crippen LogP contribution < -0.4 is 5.32 Å². The molecule has 1 saturated heterocycles. The Morgan fingerprint density at radius 2 is 1.79 bits per heavy atom. The van der Waals surface area contributed by atoms with Crippen LogP contribution in [0.1, 0.15) is 28.1 Å². The zero-order valence-electron chi connectivity index (χ0n) is 16.6. The lowest BCUT2D eigenvalue weighted by molar-refractivity contribution is -0.123. The third-order valence-electron chi connectivity index (χ3n) is 5.07. The molecule has 1 N–H and O–H groups in total. The van der Waals surface area contributed by atoms with Gasteiger partial charge in [-0.05, 0) is 56.2 Å². The molecule has 1 fully saturated rings. The van der Waals surface area contributed by atoms with Crippen LogP contribution in [0.15, 0.2) is 60.4 Å². The van der Waals surface area contributed by atoms with E-state index in [2.05, 4.69) is 10.3 Å². The number of hydrogen-bond donors (Lipinski definition) is 1. The van der Waals surface area contributed by atoms with Gasteiger partial charge in [0.25, 0.3) is 5.91 Å². The second-order valence-corrected chi connectivity index (χ2v) is 7.21. The van der Waals surface area contributed by atoms with Crippen LogP contribution in [-0.4, -0.2) is 26.4 Å². The predicted octanol–water partition coefficient (Wildman–Crippen LogP) is 3.89. The van der Waals surface area contributed by atoms with Gasteiger partial charge in [-0.1, -0.05) is 35.9 Å². The normalized spacial score (nSPS) is 15.3. The molecular weight excluding hydrogens is 364 g/mol. The van der Waals surface area contributed by atoms with Crippen molar-refractivity contribution in [3.63, 3.8) is 0 Å². The Hall–Kier alpha value is -3.67. The molecule has 4 rings (SSSR count). The third-order valence-corrected chi connectivity index (χ3v) is 5.07. The number of nitrogens with zero attached hydrogens (tertiary/aromatic N) is 3. The number of carbonyl (C=O) groups is 2. The lowest BCUT2D eigenvalue weighted by atomic mass is 10.1. The van der Waals surface area contributed by atoms with Gasteiger partial charge in [-0.3, -0.25) is 9.69 Å². The zero-order chi connectivity index (χ0) is 20.5. The quantitative estimate of drug-likeness (QED) is 0.546. The molecular formula is C23H22N4O2. The number of urea groups is 1. The number of amides is 3. The Morgan fingerprint density at radius 3 is 2.48 bits per heavy atom. The van der Waals surface area contributed by atoms with Gasteiger partial charge in [0.05, 0.1) is 6.54 Å². The van der Waals surface area contributed by atoms with Crippen molar-refractivity contribution in [1.29, 1.82) is 0 Å². The van der Waals surface area contributed by atoms with E-state index in [1.807, 2.05) is 73.9 Å². The lowest BCUT2D eigenvalue weighted by Crippen LogP contribution is -2.30. The van der Waals surface area contributed by atoms with Crippen molar-refractivity contribution in [2.75, 3.05) is 0 Å². The molecule has 6 nitrogen and oxygen atoms in total. The van der Waals surface area contributed by atoms with Crippen LogP contribution in [0.5, 0.6) is 0 Å². The average molecular weight is 386 g/mol. The predicted molar refractivity (Wildman–Crippen MR) is 111 cm³/mol. The summed E-state index contributed by atoms with van der Waals surface area (Å²) in [6.45, 7) is 6.21. The van der Waals surface area contributed by atoms with Crippen LogP contribution >= 0.6 is 0 Å². The van der Waals surface area contributed by atoms with Crippen LogP contribution in [0.2, 0.25) is 0 Å². The Bertz CT molecular complexity index is 1110. The molecule has 146 valence electrons. The summed E-state index contributed by atoms with van der Waals surface area (Å²) < 4.78 is 2.03. The lowest BCUT2D eigenvalue weighted by Gasteiger charge is -2.11. The minimum Gasteiger partial charge on any atom is -0.303 e. The van der Waals surface area contributed by atoms with E-state index >= 15 is 0 Å². The van der Waals surface area contributed by atoms with E-state index < -0.39 is 6.03 Å². The molecule has 29 heavy (non-hydrogen) atoms. The van der Waals surface area contributed by atoms with E-state index in [1.165, 1.54) is 4.90 Å². The summed E-state index contributed by atoms with van der Waals surface area (Å²) in [6.07, 6.45) is 3.48. The Morgan fingerprint density at radius 1 is 1.03 bits per heavy atom. The SMILES string of the molecule is Cc1ccc(CN2C(=O)N/C(=C\c3cc(C)n(-c4ccccn4)c3C)C2=O)cc1. The van der Waals surface area contributed by atoms with Gasteiger partial charge in [0.1, 0.15) is 11.5 Å². The molecule has 3 heterocycles. The first-order valence-corrected chi connectivity index (χ1v) is 9.44.